The lowest BCUT2D eigenvalue weighted by atomic mass is 9.80. The van der Waals surface area contributed by atoms with E-state index in [9.17, 15) is 9.59 Å². The number of aromatic nitrogens is 1. The molecule has 2 aliphatic rings. The van der Waals surface area contributed by atoms with Crippen LogP contribution in [0.5, 0.6) is 5.75 Å². The van der Waals surface area contributed by atoms with Crippen LogP contribution in [-0.2, 0) is 6.54 Å². The minimum absolute atomic E-state index is 0.0383. The smallest absolute Gasteiger partial charge is 0.253 e. The Hall–Kier alpha value is -3.86. The van der Waals surface area contributed by atoms with E-state index < -0.39 is 0 Å². The van der Waals surface area contributed by atoms with Gasteiger partial charge in [-0.1, -0.05) is 36.4 Å². The maximum atomic E-state index is 13.3. The van der Waals surface area contributed by atoms with E-state index in [1.165, 1.54) is 10.8 Å². The summed E-state index contributed by atoms with van der Waals surface area (Å²) in [6.45, 7) is 1.94. The summed E-state index contributed by atoms with van der Waals surface area (Å²) in [7, 11) is 1.62. The number of ether oxygens (including phenoxy) is 1. The van der Waals surface area contributed by atoms with Crippen LogP contribution in [0.25, 0.3) is 21.9 Å². The molecule has 1 aromatic heterocycles. The fourth-order valence-electron chi connectivity index (χ4n) is 5.70. The van der Waals surface area contributed by atoms with Crippen LogP contribution in [-0.4, -0.2) is 35.6 Å². The molecule has 5 nitrogen and oxygen atoms in total. The van der Waals surface area contributed by atoms with E-state index in [1.807, 2.05) is 51.9 Å². The molecular weight excluding hydrogens is 424 g/mol. The number of hydrogen-bond donors (Lipinski definition) is 0. The van der Waals surface area contributed by atoms with Gasteiger partial charge in [-0.2, -0.15) is 0 Å². The molecule has 3 aromatic carbocycles. The van der Waals surface area contributed by atoms with Crippen LogP contribution < -0.4 is 10.3 Å². The molecule has 0 unspecified atom stereocenters. The van der Waals surface area contributed by atoms with Gasteiger partial charge in [0.1, 0.15) is 5.75 Å². The molecule has 0 aliphatic carbocycles. The second kappa shape index (κ2) is 8.17. The number of benzene rings is 3. The van der Waals surface area contributed by atoms with E-state index >= 15 is 0 Å². The molecule has 0 saturated carbocycles. The largest absolute Gasteiger partial charge is 0.497 e. The molecule has 6 rings (SSSR count). The highest BCUT2D eigenvalue weighted by Crippen LogP contribution is 2.40. The summed E-state index contributed by atoms with van der Waals surface area (Å²) in [4.78, 5) is 28.2. The summed E-state index contributed by atoms with van der Waals surface area (Å²) in [6, 6.07) is 25.7. The molecule has 3 heterocycles. The zero-order valence-electron chi connectivity index (χ0n) is 19.1. The molecule has 5 heteroatoms. The highest BCUT2D eigenvalue weighted by Gasteiger charge is 2.38. The Bertz CT molecular complexity index is 1450. The van der Waals surface area contributed by atoms with Gasteiger partial charge in [0.15, 0.2) is 0 Å². The summed E-state index contributed by atoms with van der Waals surface area (Å²) in [5.74, 6) is 1.18. The fourth-order valence-corrected chi connectivity index (χ4v) is 5.70. The van der Waals surface area contributed by atoms with Gasteiger partial charge < -0.3 is 14.2 Å². The van der Waals surface area contributed by atoms with Crippen LogP contribution in [0.4, 0.5) is 0 Å². The van der Waals surface area contributed by atoms with Crippen LogP contribution in [0.3, 0.4) is 0 Å². The first-order valence-corrected chi connectivity index (χ1v) is 11.8. The number of likely N-dealkylation sites (tertiary alicyclic amines) is 1. The molecule has 1 amide bonds. The number of methoxy groups -OCH3 is 1. The maximum absolute atomic E-state index is 13.3. The third-order valence-corrected chi connectivity index (χ3v) is 7.27. The number of hydrogen-bond acceptors (Lipinski definition) is 3. The summed E-state index contributed by atoms with van der Waals surface area (Å²) in [5.41, 5.74) is 3.98. The van der Waals surface area contributed by atoms with Crippen LogP contribution >= 0.6 is 0 Å². The van der Waals surface area contributed by atoms with Crippen LogP contribution in [0.2, 0.25) is 0 Å². The van der Waals surface area contributed by atoms with Gasteiger partial charge >= 0.3 is 0 Å². The molecule has 34 heavy (non-hydrogen) atoms. The normalized spacial score (nSPS) is 19.0. The van der Waals surface area contributed by atoms with E-state index in [1.54, 1.807) is 13.2 Å². The van der Waals surface area contributed by atoms with Gasteiger partial charge in [0.25, 0.3) is 11.5 Å². The molecule has 2 aliphatic heterocycles. The predicted octanol–water partition coefficient (Wildman–Crippen LogP) is 4.94. The van der Waals surface area contributed by atoms with Gasteiger partial charge in [-0.15, -0.1) is 0 Å². The Kier molecular flexibility index (Phi) is 4.98. The van der Waals surface area contributed by atoms with Gasteiger partial charge in [-0.05, 0) is 65.1 Å². The second-order valence-electron chi connectivity index (χ2n) is 9.38. The van der Waals surface area contributed by atoms with E-state index in [0.29, 0.717) is 25.2 Å². The van der Waals surface area contributed by atoms with Crippen molar-refractivity contribution in [1.29, 1.82) is 0 Å². The summed E-state index contributed by atoms with van der Waals surface area (Å²) in [6.07, 6.45) is 0.996. The Morgan fingerprint density at radius 1 is 0.882 bits per heavy atom. The Labute approximate surface area is 198 Å². The topological polar surface area (TPSA) is 51.5 Å². The first-order valence-electron chi connectivity index (χ1n) is 11.8. The fraction of sp³-hybridized carbons (Fsp3) is 0.241. The number of nitrogens with zero attached hydrogens (tertiary/aromatic N) is 2. The van der Waals surface area contributed by atoms with Crippen molar-refractivity contribution in [3.63, 3.8) is 0 Å². The van der Waals surface area contributed by atoms with Crippen molar-refractivity contribution in [2.45, 2.75) is 18.9 Å². The zero-order valence-corrected chi connectivity index (χ0v) is 19.1. The van der Waals surface area contributed by atoms with E-state index in [-0.39, 0.29) is 23.3 Å². The molecule has 4 aromatic rings. The minimum atomic E-state index is 0.0383. The van der Waals surface area contributed by atoms with Crippen molar-refractivity contribution in [1.82, 2.24) is 9.47 Å². The number of rotatable bonds is 3. The number of piperidine rings is 1. The Morgan fingerprint density at radius 2 is 1.68 bits per heavy atom. The van der Waals surface area contributed by atoms with Gasteiger partial charge in [0.2, 0.25) is 0 Å². The highest BCUT2D eigenvalue weighted by atomic mass is 16.5. The minimum Gasteiger partial charge on any atom is -0.497 e. The van der Waals surface area contributed by atoms with Gasteiger partial charge in [-0.3, -0.25) is 9.59 Å². The quantitative estimate of drug-likeness (QED) is 0.444. The number of pyridine rings is 1. The number of fused-ring (bicyclic) bond motifs is 5. The number of amides is 1. The Morgan fingerprint density at radius 3 is 2.47 bits per heavy atom. The van der Waals surface area contributed by atoms with E-state index in [0.717, 1.165) is 29.0 Å². The standard InChI is InChI=1S/C29H26N2O3/c1-34-25-10-8-21(9-11-25)29(33)30-16-19-14-24(18-30)28-26(12-13-27(32)31(28)17-19)23-7-6-20-4-2-3-5-22(20)15-23/h2-13,15,19,24H,14,16-18H2,1H3/t19-,24-/m1/s1. The van der Waals surface area contributed by atoms with E-state index in [4.69, 9.17) is 4.74 Å². The zero-order chi connectivity index (χ0) is 23.2. The number of carbonyl (C=O) groups is 1. The first kappa shape index (κ1) is 20.7. The monoisotopic (exact) mass is 450 g/mol. The van der Waals surface area contributed by atoms with Crippen molar-refractivity contribution in [3.8, 4) is 16.9 Å². The van der Waals surface area contributed by atoms with Crippen molar-refractivity contribution in [2.75, 3.05) is 20.2 Å². The average Bonchev–Trinajstić information content (AvgIpc) is 2.88. The van der Waals surface area contributed by atoms with Crippen molar-refractivity contribution < 1.29 is 9.53 Å². The molecule has 1 saturated heterocycles. The SMILES string of the molecule is COc1ccc(C(=O)N2C[C@H]3C[C@H](C2)c2c(-c4ccc5ccccc5c4)ccc(=O)n2C3)cc1. The third-order valence-electron chi connectivity index (χ3n) is 7.27. The molecular formula is C29H26N2O3. The first-order chi connectivity index (χ1) is 16.6. The summed E-state index contributed by atoms with van der Waals surface area (Å²) in [5, 5.41) is 2.38. The highest BCUT2D eigenvalue weighted by molar-refractivity contribution is 5.94. The van der Waals surface area contributed by atoms with E-state index in [2.05, 4.69) is 30.3 Å². The van der Waals surface area contributed by atoms with Crippen molar-refractivity contribution in [3.05, 3.63) is 100 Å². The lowest BCUT2D eigenvalue weighted by Crippen LogP contribution is -2.49. The number of carbonyl (C=O) groups excluding carboxylic acids is 1. The van der Waals surface area contributed by atoms with Crippen LogP contribution in [0, 0.1) is 5.92 Å². The molecule has 170 valence electrons. The van der Waals surface area contributed by atoms with Gasteiger partial charge in [-0.25, -0.2) is 0 Å². The third kappa shape index (κ3) is 3.48. The average molecular weight is 451 g/mol. The molecule has 0 spiro atoms. The predicted molar refractivity (Wildman–Crippen MR) is 133 cm³/mol. The van der Waals surface area contributed by atoms with Crippen LogP contribution in [0.15, 0.2) is 83.7 Å². The molecule has 1 fully saturated rings. The van der Waals surface area contributed by atoms with Gasteiger partial charge in [0.05, 0.1) is 7.11 Å². The lowest BCUT2D eigenvalue weighted by Gasteiger charge is -2.43. The lowest BCUT2D eigenvalue weighted by molar-refractivity contribution is 0.0595. The van der Waals surface area contributed by atoms with Crippen molar-refractivity contribution >= 4 is 16.7 Å². The Balaban J connectivity index is 1.38. The summed E-state index contributed by atoms with van der Waals surface area (Å²) < 4.78 is 7.19. The van der Waals surface area contributed by atoms with Crippen LogP contribution in [0.1, 0.15) is 28.4 Å². The summed E-state index contributed by atoms with van der Waals surface area (Å²) >= 11 is 0. The molecule has 0 N–H and O–H groups in total. The van der Waals surface area contributed by atoms with Crippen molar-refractivity contribution in [2.24, 2.45) is 5.92 Å². The van der Waals surface area contributed by atoms with Gasteiger partial charge in [0, 0.05) is 48.4 Å². The molecule has 2 atom stereocenters. The maximum Gasteiger partial charge on any atom is 0.253 e. The molecule has 2 bridgehead atoms. The second-order valence-corrected chi connectivity index (χ2v) is 9.38. The molecule has 0 radical (unpaired) electrons.